The summed E-state index contributed by atoms with van der Waals surface area (Å²) in [5, 5.41) is 14.8. The first-order valence-corrected chi connectivity index (χ1v) is 10.2. The van der Waals surface area contributed by atoms with Crippen LogP contribution in [0.3, 0.4) is 0 Å². The second kappa shape index (κ2) is 9.63. The monoisotopic (exact) mass is 411 g/mol. The van der Waals surface area contributed by atoms with E-state index >= 15 is 0 Å². The molecule has 2 amide bonds. The Morgan fingerprint density at radius 3 is 2.37 bits per heavy atom. The normalized spacial score (nSPS) is 18.7. The Labute approximate surface area is 177 Å². The number of nitrogens with one attached hydrogen (secondary N) is 2. The summed E-state index contributed by atoms with van der Waals surface area (Å²) in [6.45, 7) is 7.48. The van der Waals surface area contributed by atoms with Crippen molar-refractivity contribution in [1.82, 2.24) is 0 Å². The highest BCUT2D eigenvalue weighted by atomic mass is 16.5. The van der Waals surface area contributed by atoms with Crippen molar-refractivity contribution in [3.8, 4) is 0 Å². The number of amides is 2. The second-order valence-corrected chi connectivity index (χ2v) is 7.85. The van der Waals surface area contributed by atoms with Crippen LogP contribution in [0.4, 0.5) is 21.9 Å². The first kappa shape index (κ1) is 21.6. The van der Waals surface area contributed by atoms with Crippen LogP contribution in [-0.2, 0) is 16.0 Å². The first-order chi connectivity index (χ1) is 14.3. The number of hydrogen-bond donors (Lipinski definition) is 3. The van der Waals surface area contributed by atoms with E-state index in [1.54, 1.807) is 0 Å². The average molecular weight is 412 g/mol. The van der Waals surface area contributed by atoms with Gasteiger partial charge in [-0.3, -0.25) is 4.79 Å². The molecule has 0 spiro atoms. The molecule has 1 aliphatic rings. The van der Waals surface area contributed by atoms with E-state index in [-0.39, 0.29) is 24.7 Å². The molecule has 7 heteroatoms. The van der Waals surface area contributed by atoms with Crippen molar-refractivity contribution in [1.29, 1.82) is 0 Å². The molecule has 0 aromatic heterocycles. The lowest BCUT2D eigenvalue weighted by Crippen LogP contribution is -2.45. The molecule has 160 valence electrons. The average Bonchev–Trinajstić information content (AvgIpc) is 2.67. The van der Waals surface area contributed by atoms with Crippen molar-refractivity contribution in [3.05, 3.63) is 53.6 Å². The molecule has 1 heterocycles. The smallest absolute Gasteiger partial charge is 0.323 e. The number of anilines is 3. The summed E-state index contributed by atoms with van der Waals surface area (Å²) in [6, 6.07) is 13.0. The summed E-state index contributed by atoms with van der Waals surface area (Å²) in [4.78, 5) is 25.8. The van der Waals surface area contributed by atoms with Gasteiger partial charge >= 0.3 is 12.0 Å². The van der Waals surface area contributed by atoms with Crippen molar-refractivity contribution in [2.24, 2.45) is 0 Å². The summed E-state index contributed by atoms with van der Waals surface area (Å²) in [6.07, 6.45) is 0.601. The third-order valence-electron chi connectivity index (χ3n) is 5.01. The molecule has 1 fully saturated rings. The van der Waals surface area contributed by atoms with E-state index in [0.29, 0.717) is 30.9 Å². The summed E-state index contributed by atoms with van der Waals surface area (Å²) in [5.74, 6) is -0.846. The maximum absolute atomic E-state index is 12.6. The molecule has 0 bridgehead atoms. The van der Waals surface area contributed by atoms with Gasteiger partial charge in [0.05, 0.1) is 23.6 Å². The van der Waals surface area contributed by atoms with Crippen molar-refractivity contribution >= 4 is 29.1 Å². The number of hydrogen-bond acceptors (Lipinski definition) is 4. The van der Waals surface area contributed by atoms with E-state index in [9.17, 15) is 9.59 Å². The lowest BCUT2D eigenvalue weighted by Gasteiger charge is -2.37. The first-order valence-electron chi connectivity index (χ1n) is 10.2. The Morgan fingerprint density at radius 1 is 1.07 bits per heavy atom. The number of carboxylic acid groups (broad SMARTS) is 1. The molecular formula is C23H29N3O4. The van der Waals surface area contributed by atoms with Crippen LogP contribution in [0.25, 0.3) is 0 Å². The van der Waals surface area contributed by atoms with Crippen LogP contribution in [0.1, 0.15) is 31.4 Å². The molecule has 2 aromatic rings. The minimum absolute atomic E-state index is 0.0416. The van der Waals surface area contributed by atoms with Gasteiger partial charge in [0.15, 0.2) is 0 Å². The molecule has 2 unspecified atom stereocenters. The van der Waals surface area contributed by atoms with Crippen LogP contribution >= 0.6 is 0 Å². The number of carboxylic acids is 1. The number of carbonyl (C=O) groups is 2. The molecule has 1 saturated heterocycles. The summed E-state index contributed by atoms with van der Waals surface area (Å²) in [7, 11) is 0. The van der Waals surface area contributed by atoms with E-state index in [1.165, 1.54) is 0 Å². The SMILES string of the molecule is Cc1ccc(NC(=O)Nc2cc(CCC(=O)O)ccc2N2CC(C)OC(C)C2)cc1. The van der Waals surface area contributed by atoms with Crippen LogP contribution in [-0.4, -0.2) is 42.4 Å². The molecule has 3 rings (SSSR count). The van der Waals surface area contributed by atoms with E-state index in [0.717, 1.165) is 16.8 Å². The van der Waals surface area contributed by atoms with Crippen LogP contribution in [0.2, 0.25) is 0 Å². The van der Waals surface area contributed by atoms with Crippen LogP contribution in [0.5, 0.6) is 0 Å². The van der Waals surface area contributed by atoms with Gasteiger partial charge in [-0.15, -0.1) is 0 Å². The van der Waals surface area contributed by atoms with Gasteiger partial charge in [-0.2, -0.15) is 0 Å². The third kappa shape index (κ3) is 5.97. The topological polar surface area (TPSA) is 90.9 Å². The molecule has 1 aliphatic heterocycles. The Balaban J connectivity index is 1.82. The Kier molecular flexibility index (Phi) is 6.95. The number of aliphatic carboxylic acids is 1. The van der Waals surface area contributed by atoms with E-state index in [1.807, 2.05) is 63.2 Å². The van der Waals surface area contributed by atoms with Crippen LogP contribution in [0, 0.1) is 6.92 Å². The van der Waals surface area contributed by atoms with E-state index < -0.39 is 5.97 Å². The highest BCUT2D eigenvalue weighted by Crippen LogP contribution is 2.30. The van der Waals surface area contributed by atoms with Crippen molar-refractivity contribution in [2.45, 2.75) is 45.8 Å². The van der Waals surface area contributed by atoms with Crippen molar-refractivity contribution in [3.63, 3.8) is 0 Å². The van der Waals surface area contributed by atoms with Gasteiger partial charge in [0.2, 0.25) is 0 Å². The van der Waals surface area contributed by atoms with Gasteiger partial charge in [-0.05, 0) is 57.0 Å². The molecule has 2 atom stereocenters. The van der Waals surface area contributed by atoms with Gasteiger partial charge in [0, 0.05) is 25.2 Å². The second-order valence-electron chi connectivity index (χ2n) is 7.85. The van der Waals surface area contributed by atoms with Crippen LogP contribution < -0.4 is 15.5 Å². The summed E-state index contributed by atoms with van der Waals surface area (Å²) < 4.78 is 5.83. The summed E-state index contributed by atoms with van der Waals surface area (Å²) in [5.41, 5.74) is 4.24. The molecule has 3 N–H and O–H groups in total. The molecule has 0 radical (unpaired) electrons. The van der Waals surface area contributed by atoms with Gasteiger partial charge in [0.25, 0.3) is 0 Å². The predicted molar refractivity (Wildman–Crippen MR) is 118 cm³/mol. The quantitative estimate of drug-likeness (QED) is 0.660. The third-order valence-corrected chi connectivity index (χ3v) is 5.01. The Morgan fingerprint density at radius 2 is 1.73 bits per heavy atom. The fraction of sp³-hybridized carbons (Fsp3) is 0.391. The van der Waals surface area contributed by atoms with Crippen LogP contribution in [0.15, 0.2) is 42.5 Å². The maximum atomic E-state index is 12.6. The highest BCUT2D eigenvalue weighted by molar-refractivity contribution is 6.02. The zero-order chi connectivity index (χ0) is 21.7. The molecule has 0 saturated carbocycles. The number of benzene rings is 2. The fourth-order valence-corrected chi connectivity index (χ4v) is 3.66. The number of morpholine rings is 1. The lowest BCUT2D eigenvalue weighted by atomic mass is 10.1. The molecule has 7 nitrogen and oxygen atoms in total. The number of aryl methyl sites for hydroxylation is 2. The van der Waals surface area contributed by atoms with Gasteiger partial charge in [0.1, 0.15) is 0 Å². The number of urea groups is 1. The summed E-state index contributed by atoms with van der Waals surface area (Å²) >= 11 is 0. The van der Waals surface area contributed by atoms with E-state index in [4.69, 9.17) is 9.84 Å². The molecule has 30 heavy (non-hydrogen) atoms. The number of carbonyl (C=O) groups excluding carboxylic acids is 1. The fourth-order valence-electron chi connectivity index (χ4n) is 3.66. The molecule has 2 aromatic carbocycles. The molecular weight excluding hydrogens is 382 g/mol. The van der Waals surface area contributed by atoms with Crippen molar-refractivity contribution < 1.29 is 19.4 Å². The molecule has 0 aliphatic carbocycles. The van der Waals surface area contributed by atoms with Gasteiger partial charge < -0.3 is 25.4 Å². The van der Waals surface area contributed by atoms with Gasteiger partial charge in [-0.1, -0.05) is 23.8 Å². The van der Waals surface area contributed by atoms with Crippen molar-refractivity contribution in [2.75, 3.05) is 28.6 Å². The zero-order valence-electron chi connectivity index (χ0n) is 17.6. The number of nitrogens with zero attached hydrogens (tertiary/aromatic N) is 1. The highest BCUT2D eigenvalue weighted by Gasteiger charge is 2.24. The number of rotatable bonds is 6. The lowest BCUT2D eigenvalue weighted by molar-refractivity contribution is -0.136. The Hall–Kier alpha value is -3.06. The van der Waals surface area contributed by atoms with Gasteiger partial charge in [-0.25, -0.2) is 4.79 Å². The largest absolute Gasteiger partial charge is 0.481 e. The predicted octanol–water partition coefficient (Wildman–Crippen LogP) is 4.27. The minimum atomic E-state index is -0.846. The van der Waals surface area contributed by atoms with E-state index in [2.05, 4.69) is 15.5 Å². The zero-order valence-corrected chi connectivity index (χ0v) is 17.6. The number of ether oxygens (including phenoxy) is 1. The maximum Gasteiger partial charge on any atom is 0.323 e. The standard InChI is InChI=1S/C23H29N3O4/c1-15-4-8-19(9-5-15)24-23(29)25-20-12-18(7-11-22(27)28)6-10-21(20)26-13-16(2)30-17(3)14-26/h4-6,8-10,12,16-17H,7,11,13-14H2,1-3H3,(H,27,28)(H2,24,25,29). The Bertz CT molecular complexity index is 888. The minimum Gasteiger partial charge on any atom is -0.481 e.